The Morgan fingerprint density at radius 2 is 2.12 bits per heavy atom. The monoisotopic (exact) mass is 275 g/mol. The first-order valence-corrected chi connectivity index (χ1v) is 8.22. The van der Waals surface area contributed by atoms with Gasteiger partial charge < -0.3 is 10.4 Å². The Balaban J connectivity index is 3.23. The lowest BCUT2D eigenvalue weighted by Crippen LogP contribution is -2.17. The van der Waals surface area contributed by atoms with Crippen molar-refractivity contribution in [2.75, 3.05) is 26.1 Å². The van der Waals surface area contributed by atoms with Crippen molar-refractivity contribution in [2.24, 2.45) is 0 Å². The first kappa shape index (κ1) is 14.5. The predicted molar refractivity (Wildman–Crippen MR) is 70.2 cm³/mol. The standard InChI is InChI=1S/C11H17NO3S2/c1-12-7-9(13)8-4-5-10(16-2)11(6-8)17(3,14)15/h4-6,9,12-13H,7H2,1-3H3. The zero-order valence-corrected chi connectivity index (χ0v) is 11.7. The Morgan fingerprint density at radius 3 is 2.59 bits per heavy atom. The molecule has 0 heterocycles. The van der Waals surface area contributed by atoms with E-state index in [2.05, 4.69) is 5.32 Å². The van der Waals surface area contributed by atoms with E-state index in [1.807, 2.05) is 6.26 Å². The fraction of sp³-hybridized carbons (Fsp3) is 0.455. The second-order valence-corrected chi connectivity index (χ2v) is 6.59. The molecule has 0 aliphatic rings. The second-order valence-electron chi connectivity index (χ2n) is 3.76. The Bertz CT molecular complexity index is 485. The van der Waals surface area contributed by atoms with Crippen molar-refractivity contribution in [3.8, 4) is 0 Å². The van der Waals surface area contributed by atoms with Crippen LogP contribution < -0.4 is 5.32 Å². The van der Waals surface area contributed by atoms with Crippen molar-refractivity contribution in [3.63, 3.8) is 0 Å². The quantitative estimate of drug-likeness (QED) is 0.787. The fourth-order valence-corrected chi connectivity index (χ4v) is 3.45. The molecule has 4 nitrogen and oxygen atoms in total. The normalized spacial score (nSPS) is 13.6. The minimum absolute atomic E-state index is 0.276. The number of rotatable bonds is 5. The number of likely N-dealkylation sites (N-methyl/N-ethyl adjacent to an activating group) is 1. The number of aliphatic hydroxyl groups excluding tert-OH is 1. The number of nitrogens with one attached hydrogen (secondary N) is 1. The molecule has 0 saturated heterocycles. The zero-order chi connectivity index (χ0) is 13.1. The van der Waals surface area contributed by atoms with Gasteiger partial charge in [0.2, 0.25) is 0 Å². The van der Waals surface area contributed by atoms with Crippen LogP contribution in [0.3, 0.4) is 0 Å². The molecule has 0 aromatic heterocycles. The summed E-state index contributed by atoms with van der Waals surface area (Å²) in [7, 11) is -1.54. The zero-order valence-electron chi connectivity index (χ0n) is 10.1. The van der Waals surface area contributed by atoms with Crippen molar-refractivity contribution < 1.29 is 13.5 Å². The van der Waals surface area contributed by atoms with Crippen molar-refractivity contribution in [3.05, 3.63) is 23.8 Å². The van der Waals surface area contributed by atoms with E-state index in [0.717, 1.165) is 0 Å². The molecule has 1 aromatic rings. The molecule has 1 unspecified atom stereocenters. The maximum Gasteiger partial charge on any atom is 0.176 e. The van der Waals surface area contributed by atoms with Crippen molar-refractivity contribution in [2.45, 2.75) is 15.9 Å². The summed E-state index contributed by atoms with van der Waals surface area (Å²) in [4.78, 5) is 0.977. The molecule has 0 amide bonds. The molecule has 0 fully saturated rings. The summed E-state index contributed by atoms with van der Waals surface area (Å²) in [5.74, 6) is 0. The largest absolute Gasteiger partial charge is 0.387 e. The summed E-state index contributed by atoms with van der Waals surface area (Å²) >= 11 is 1.38. The molecule has 6 heteroatoms. The second kappa shape index (κ2) is 5.86. The molecule has 0 saturated carbocycles. The molecule has 17 heavy (non-hydrogen) atoms. The van der Waals surface area contributed by atoms with E-state index in [1.54, 1.807) is 25.2 Å². The van der Waals surface area contributed by atoms with Gasteiger partial charge in [-0.25, -0.2) is 8.42 Å². The first-order chi connectivity index (χ1) is 7.90. The van der Waals surface area contributed by atoms with Gasteiger partial charge in [-0.15, -0.1) is 11.8 Å². The third-order valence-corrected chi connectivity index (χ3v) is 4.43. The van der Waals surface area contributed by atoms with Gasteiger partial charge >= 0.3 is 0 Å². The van der Waals surface area contributed by atoms with Gasteiger partial charge in [0.15, 0.2) is 9.84 Å². The van der Waals surface area contributed by atoms with Gasteiger partial charge in [0.25, 0.3) is 0 Å². The van der Waals surface area contributed by atoms with E-state index in [-0.39, 0.29) is 4.90 Å². The summed E-state index contributed by atoms with van der Waals surface area (Å²) in [6, 6.07) is 5.03. The average molecular weight is 275 g/mol. The third kappa shape index (κ3) is 3.70. The molecule has 2 N–H and O–H groups in total. The maximum atomic E-state index is 11.6. The number of hydrogen-bond acceptors (Lipinski definition) is 5. The van der Waals surface area contributed by atoms with Crippen LogP contribution in [0, 0.1) is 0 Å². The summed E-state index contributed by atoms with van der Waals surface area (Å²) < 4.78 is 23.3. The van der Waals surface area contributed by atoms with Crippen LogP contribution in [0.1, 0.15) is 11.7 Å². The molecule has 1 atom stereocenters. The molecule has 0 radical (unpaired) electrons. The van der Waals surface area contributed by atoms with Crippen LogP contribution in [0.2, 0.25) is 0 Å². The summed E-state index contributed by atoms with van der Waals surface area (Å²) in [6.07, 6.45) is 2.31. The molecule has 0 aliphatic heterocycles. The minimum Gasteiger partial charge on any atom is -0.387 e. The van der Waals surface area contributed by atoms with E-state index in [0.29, 0.717) is 17.0 Å². The van der Waals surface area contributed by atoms with Crippen LogP contribution in [0.4, 0.5) is 0 Å². The lowest BCUT2D eigenvalue weighted by Gasteiger charge is -2.13. The number of hydrogen-bond donors (Lipinski definition) is 2. The van der Waals surface area contributed by atoms with E-state index < -0.39 is 15.9 Å². The highest BCUT2D eigenvalue weighted by Gasteiger charge is 2.16. The van der Waals surface area contributed by atoms with Crippen LogP contribution in [-0.4, -0.2) is 39.6 Å². The molecular formula is C11H17NO3S2. The maximum absolute atomic E-state index is 11.6. The first-order valence-electron chi connectivity index (χ1n) is 5.10. The Labute approximate surface area is 106 Å². The molecule has 0 aliphatic carbocycles. The highest BCUT2D eigenvalue weighted by molar-refractivity contribution is 7.99. The molecule has 1 rings (SSSR count). The topological polar surface area (TPSA) is 66.4 Å². The smallest absolute Gasteiger partial charge is 0.176 e. The van der Waals surface area contributed by atoms with Gasteiger partial charge in [0, 0.05) is 17.7 Å². The Morgan fingerprint density at radius 1 is 1.47 bits per heavy atom. The SMILES string of the molecule is CNCC(O)c1ccc(SC)c(S(C)(=O)=O)c1. The van der Waals surface area contributed by atoms with Gasteiger partial charge in [-0.05, 0) is 31.0 Å². The van der Waals surface area contributed by atoms with E-state index in [1.165, 1.54) is 18.0 Å². The molecule has 0 spiro atoms. The van der Waals surface area contributed by atoms with Gasteiger partial charge in [0.05, 0.1) is 11.0 Å². The lowest BCUT2D eigenvalue weighted by atomic mass is 10.1. The number of thioether (sulfide) groups is 1. The summed E-state index contributed by atoms with van der Waals surface area (Å²) in [5.41, 5.74) is 0.609. The molecular weight excluding hydrogens is 258 g/mol. The van der Waals surface area contributed by atoms with E-state index in [4.69, 9.17) is 0 Å². The van der Waals surface area contributed by atoms with Gasteiger partial charge in [-0.3, -0.25) is 0 Å². The lowest BCUT2D eigenvalue weighted by molar-refractivity contribution is 0.177. The Kier molecular flexibility index (Phi) is 5.00. The van der Waals surface area contributed by atoms with Gasteiger partial charge in [-0.1, -0.05) is 6.07 Å². The predicted octanol–water partition coefficient (Wildman–Crippen LogP) is 1.06. The van der Waals surface area contributed by atoms with Gasteiger partial charge in [-0.2, -0.15) is 0 Å². The van der Waals surface area contributed by atoms with Crippen LogP contribution in [0.15, 0.2) is 28.0 Å². The number of sulfone groups is 1. The molecule has 0 bridgehead atoms. The highest BCUT2D eigenvalue weighted by atomic mass is 32.2. The van der Waals surface area contributed by atoms with Crippen molar-refractivity contribution >= 4 is 21.6 Å². The third-order valence-electron chi connectivity index (χ3n) is 2.37. The Hall–Kier alpha value is -0.560. The van der Waals surface area contributed by atoms with Crippen LogP contribution in [0.25, 0.3) is 0 Å². The van der Waals surface area contributed by atoms with E-state index in [9.17, 15) is 13.5 Å². The minimum atomic E-state index is -3.27. The van der Waals surface area contributed by atoms with Crippen LogP contribution in [-0.2, 0) is 9.84 Å². The van der Waals surface area contributed by atoms with Crippen LogP contribution in [0.5, 0.6) is 0 Å². The fourth-order valence-electron chi connectivity index (χ4n) is 1.50. The van der Waals surface area contributed by atoms with Crippen molar-refractivity contribution in [1.29, 1.82) is 0 Å². The average Bonchev–Trinajstić information content (AvgIpc) is 2.27. The summed E-state index contributed by atoms with van der Waals surface area (Å²) in [6.45, 7) is 0.391. The van der Waals surface area contributed by atoms with E-state index >= 15 is 0 Å². The highest BCUT2D eigenvalue weighted by Crippen LogP contribution is 2.27. The van der Waals surface area contributed by atoms with Crippen molar-refractivity contribution in [1.82, 2.24) is 5.32 Å². The summed E-state index contributed by atoms with van der Waals surface area (Å²) in [5, 5.41) is 12.7. The van der Waals surface area contributed by atoms with Gasteiger partial charge in [0.1, 0.15) is 0 Å². The number of aliphatic hydroxyl groups is 1. The van der Waals surface area contributed by atoms with Crippen LogP contribution >= 0.6 is 11.8 Å². The molecule has 96 valence electrons. The molecule has 1 aromatic carbocycles. The number of benzene rings is 1.